The highest BCUT2D eigenvalue weighted by Gasteiger charge is 2.27. The predicted molar refractivity (Wildman–Crippen MR) is 68.4 cm³/mol. The molecular weight excluding hydrogens is 234 g/mol. The molecule has 1 fully saturated rings. The summed E-state index contributed by atoms with van der Waals surface area (Å²) in [6.45, 7) is 6.01. The number of carbonyl (C=O) groups excluding carboxylic acids is 1. The van der Waals surface area contributed by atoms with E-state index in [0.717, 1.165) is 19.5 Å². The van der Waals surface area contributed by atoms with Crippen LogP contribution in [-0.2, 0) is 4.79 Å². The third-order valence-corrected chi connectivity index (χ3v) is 3.31. The van der Waals surface area contributed by atoms with E-state index in [2.05, 4.69) is 22.6 Å². The number of nitrogens with one attached hydrogen (secondary N) is 2. The second-order valence-corrected chi connectivity index (χ2v) is 5.67. The Labute approximate surface area is 108 Å². The van der Waals surface area contributed by atoms with Crippen LogP contribution < -0.4 is 10.6 Å². The van der Waals surface area contributed by atoms with Gasteiger partial charge >= 0.3 is 12.0 Å². The number of hydrogen-bond donors (Lipinski definition) is 3. The normalized spacial score (nSPS) is 20.7. The Morgan fingerprint density at radius 2 is 2.06 bits per heavy atom. The van der Waals surface area contributed by atoms with Crippen molar-refractivity contribution in [2.75, 3.05) is 33.2 Å². The molecule has 0 aliphatic carbocycles. The van der Waals surface area contributed by atoms with E-state index in [1.165, 1.54) is 0 Å². The Kier molecular flexibility index (Phi) is 4.95. The molecule has 1 atom stereocenters. The zero-order valence-corrected chi connectivity index (χ0v) is 11.3. The Balaban J connectivity index is 2.20. The smallest absolute Gasteiger partial charge is 0.314 e. The molecule has 2 amide bonds. The average Bonchev–Trinajstić information content (AvgIpc) is 2.69. The van der Waals surface area contributed by atoms with Gasteiger partial charge in [0.1, 0.15) is 0 Å². The van der Waals surface area contributed by atoms with Gasteiger partial charge in [0.05, 0.1) is 5.41 Å². The second-order valence-electron chi connectivity index (χ2n) is 5.67. The topological polar surface area (TPSA) is 81.7 Å². The number of carboxylic acids is 1. The average molecular weight is 257 g/mol. The predicted octanol–water partition coefficient (Wildman–Crippen LogP) is 0.348. The summed E-state index contributed by atoms with van der Waals surface area (Å²) in [5.41, 5.74) is -0.940. The fourth-order valence-corrected chi connectivity index (χ4v) is 1.87. The minimum Gasteiger partial charge on any atom is -0.481 e. The lowest BCUT2D eigenvalue weighted by atomic mass is 9.94. The van der Waals surface area contributed by atoms with Gasteiger partial charge in [-0.3, -0.25) is 4.79 Å². The molecule has 6 nitrogen and oxygen atoms in total. The molecule has 6 heteroatoms. The summed E-state index contributed by atoms with van der Waals surface area (Å²) >= 11 is 0. The van der Waals surface area contributed by atoms with Crippen LogP contribution in [0.5, 0.6) is 0 Å². The van der Waals surface area contributed by atoms with Gasteiger partial charge in [-0.05, 0) is 39.8 Å². The van der Waals surface area contributed by atoms with E-state index in [-0.39, 0.29) is 12.6 Å². The fraction of sp³-hybridized carbons (Fsp3) is 0.833. The Hall–Kier alpha value is -1.30. The first-order valence-corrected chi connectivity index (χ1v) is 6.25. The number of aliphatic carboxylic acids is 1. The molecule has 1 unspecified atom stereocenters. The van der Waals surface area contributed by atoms with Crippen molar-refractivity contribution in [2.45, 2.75) is 20.3 Å². The summed E-state index contributed by atoms with van der Waals surface area (Å²) in [5.74, 6) is -0.423. The van der Waals surface area contributed by atoms with Crippen LogP contribution in [0.1, 0.15) is 20.3 Å². The van der Waals surface area contributed by atoms with Gasteiger partial charge < -0.3 is 20.6 Å². The quantitative estimate of drug-likeness (QED) is 0.663. The van der Waals surface area contributed by atoms with Crippen molar-refractivity contribution in [1.82, 2.24) is 15.5 Å². The lowest BCUT2D eigenvalue weighted by Gasteiger charge is -2.20. The molecule has 0 radical (unpaired) electrons. The van der Waals surface area contributed by atoms with Crippen LogP contribution in [0.15, 0.2) is 0 Å². The molecule has 0 saturated carbocycles. The minimum atomic E-state index is -0.940. The standard InChI is InChI=1S/C12H23N3O3/c1-12(2,10(16)17)8-14-11(18)13-6-9-4-5-15(3)7-9/h9H,4-8H2,1-3H3,(H,16,17)(H2,13,14,18). The third-order valence-electron chi connectivity index (χ3n) is 3.31. The summed E-state index contributed by atoms with van der Waals surface area (Å²) in [7, 11) is 2.06. The van der Waals surface area contributed by atoms with Crippen LogP contribution in [0.2, 0.25) is 0 Å². The molecule has 3 N–H and O–H groups in total. The van der Waals surface area contributed by atoms with Crippen molar-refractivity contribution in [3.05, 3.63) is 0 Å². The summed E-state index contributed by atoms with van der Waals surface area (Å²) in [5, 5.41) is 14.3. The van der Waals surface area contributed by atoms with Crippen molar-refractivity contribution in [2.24, 2.45) is 11.3 Å². The highest BCUT2D eigenvalue weighted by atomic mass is 16.4. The van der Waals surface area contributed by atoms with Crippen molar-refractivity contribution in [3.8, 4) is 0 Å². The van der Waals surface area contributed by atoms with E-state index in [0.29, 0.717) is 12.5 Å². The van der Waals surface area contributed by atoms with Gasteiger partial charge in [0.25, 0.3) is 0 Å². The van der Waals surface area contributed by atoms with E-state index in [9.17, 15) is 9.59 Å². The maximum atomic E-state index is 11.5. The van der Waals surface area contributed by atoms with Gasteiger partial charge in [-0.15, -0.1) is 0 Å². The van der Waals surface area contributed by atoms with Crippen LogP contribution >= 0.6 is 0 Å². The molecule has 1 rings (SSSR count). The number of urea groups is 1. The number of carbonyl (C=O) groups is 2. The molecule has 1 saturated heterocycles. The molecule has 0 aromatic heterocycles. The van der Waals surface area contributed by atoms with Crippen LogP contribution in [0.25, 0.3) is 0 Å². The Morgan fingerprint density at radius 1 is 1.39 bits per heavy atom. The number of likely N-dealkylation sites (tertiary alicyclic amines) is 1. The maximum absolute atomic E-state index is 11.5. The number of nitrogens with zero attached hydrogens (tertiary/aromatic N) is 1. The van der Waals surface area contributed by atoms with E-state index < -0.39 is 11.4 Å². The zero-order valence-electron chi connectivity index (χ0n) is 11.3. The fourth-order valence-electron chi connectivity index (χ4n) is 1.87. The van der Waals surface area contributed by atoms with Gasteiger partial charge in [0, 0.05) is 19.6 Å². The van der Waals surface area contributed by atoms with Crippen molar-refractivity contribution in [1.29, 1.82) is 0 Å². The molecule has 0 aromatic rings. The van der Waals surface area contributed by atoms with Crippen LogP contribution in [-0.4, -0.2) is 55.2 Å². The number of hydrogen-bond acceptors (Lipinski definition) is 3. The van der Waals surface area contributed by atoms with Crippen molar-refractivity contribution < 1.29 is 14.7 Å². The first-order chi connectivity index (χ1) is 8.31. The third kappa shape index (κ3) is 4.52. The molecule has 1 aliphatic heterocycles. The largest absolute Gasteiger partial charge is 0.481 e. The maximum Gasteiger partial charge on any atom is 0.314 e. The molecule has 1 aliphatic rings. The number of carboxylic acid groups (broad SMARTS) is 1. The van der Waals surface area contributed by atoms with Gasteiger partial charge in [-0.1, -0.05) is 0 Å². The van der Waals surface area contributed by atoms with E-state index in [1.54, 1.807) is 13.8 Å². The molecule has 0 aromatic carbocycles. The summed E-state index contributed by atoms with van der Waals surface area (Å²) in [6.07, 6.45) is 1.09. The molecule has 0 spiro atoms. The number of rotatable bonds is 5. The highest BCUT2D eigenvalue weighted by molar-refractivity contribution is 5.77. The van der Waals surface area contributed by atoms with Crippen molar-refractivity contribution >= 4 is 12.0 Å². The minimum absolute atomic E-state index is 0.124. The van der Waals surface area contributed by atoms with E-state index in [4.69, 9.17) is 5.11 Å². The van der Waals surface area contributed by atoms with E-state index >= 15 is 0 Å². The Bertz CT molecular complexity index is 318. The molecule has 104 valence electrons. The van der Waals surface area contributed by atoms with Gasteiger partial charge in [0.2, 0.25) is 0 Å². The van der Waals surface area contributed by atoms with Gasteiger partial charge in [-0.2, -0.15) is 0 Å². The van der Waals surface area contributed by atoms with Crippen LogP contribution in [0.4, 0.5) is 4.79 Å². The SMILES string of the molecule is CN1CCC(CNC(=O)NCC(C)(C)C(=O)O)C1. The summed E-state index contributed by atoms with van der Waals surface area (Å²) in [6, 6.07) is -0.293. The first kappa shape index (κ1) is 14.8. The Morgan fingerprint density at radius 3 is 2.56 bits per heavy atom. The lowest BCUT2D eigenvalue weighted by Crippen LogP contribution is -2.44. The summed E-state index contributed by atoms with van der Waals surface area (Å²) in [4.78, 5) is 24.6. The molecule has 1 heterocycles. The highest BCUT2D eigenvalue weighted by Crippen LogP contribution is 2.14. The lowest BCUT2D eigenvalue weighted by molar-refractivity contribution is -0.146. The van der Waals surface area contributed by atoms with Crippen LogP contribution in [0.3, 0.4) is 0 Å². The van der Waals surface area contributed by atoms with Crippen LogP contribution in [0, 0.1) is 11.3 Å². The van der Waals surface area contributed by atoms with Gasteiger partial charge in [-0.25, -0.2) is 4.79 Å². The van der Waals surface area contributed by atoms with E-state index in [1.807, 2.05) is 0 Å². The number of amides is 2. The zero-order chi connectivity index (χ0) is 13.8. The molecular formula is C12H23N3O3. The molecule has 0 bridgehead atoms. The monoisotopic (exact) mass is 257 g/mol. The first-order valence-electron chi connectivity index (χ1n) is 6.25. The molecule has 18 heavy (non-hydrogen) atoms. The van der Waals surface area contributed by atoms with Crippen molar-refractivity contribution in [3.63, 3.8) is 0 Å². The second kappa shape index (κ2) is 6.04. The van der Waals surface area contributed by atoms with Gasteiger partial charge in [0.15, 0.2) is 0 Å². The summed E-state index contributed by atoms with van der Waals surface area (Å²) < 4.78 is 0.